The molecule has 0 radical (unpaired) electrons. The number of hydrogen-bond donors (Lipinski definition) is 0. The Morgan fingerprint density at radius 2 is 1.83 bits per heavy atom. The van der Waals surface area contributed by atoms with Crippen LogP contribution in [0.4, 0.5) is 26.3 Å². The summed E-state index contributed by atoms with van der Waals surface area (Å²) in [5.41, 5.74) is -2.39. The van der Waals surface area contributed by atoms with Gasteiger partial charge in [-0.1, -0.05) is 18.2 Å². The van der Waals surface area contributed by atoms with Gasteiger partial charge in [0.15, 0.2) is 0 Å². The van der Waals surface area contributed by atoms with Crippen LogP contribution in [-0.2, 0) is 15.7 Å². The summed E-state index contributed by atoms with van der Waals surface area (Å²) in [4.78, 5) is 11.1. The zero-order valence-electron chi connectivity index (χ0n) is 11.8. The van der Waals surface area contributed by atoms with Crippen LogP contribution in [0.15, 0.2) is 42.0 Å². The van der Waals surface area contributed by atoms with Crippen molar-refractivity contribution in [3.05, 3.63) is 53.1 Å². The maximum Gasteiger partial charge on any atom is 0.416 e. The Bertz CT molecular complexity index is 611. The molecule has 126 valence electrons. The average Bonchev–Trinajstić information content (AvgIpc) is 2.42. The first kappa shape index (κ1) is 18.8. The summed E-state index contributed by atoms with van der Waals surface area (Å²) < 4.78 is 80.3. The van der Waals surface area contributed by atoms with Crippen molar-refractivity contribution in [3.63, 3.8) is 0 Å². The fourth-order valence-corrected chi connectivity index (χ4v) is 1.54. The van der Waals surface area contributed by atoms with Crippen LogP contribution in [0.5, 0.6) is 0 Å². The van der Waals surface area contributed by atoms with E-state index in [1.807, 2.05) is 0 Å². The molecule has 0 heterocycles. The van der Waals surface area contributed by atoms with Gasteiger partial charge in [0.05, 0.1) is 17.7 Å². The third kappa shape index (κ3) is 6.17. The van der Waals surface area contributed by atoms with Gasteiger partial charge in [-0.05, 0) is 30.7 Å². The van der Waals surface area contributed by atoms with Gasteiger partial charge in [-0.25, -0.2) is 4.79 Å². The fourth-order valence-electron chi connectivity index (χ4n) is 1.54. The van der Waals surface area contributed by atoms with Gasteiger partial charge in [0.1, 0.15) is 0 Å². The molecule has 0 fully saturated rings. The molecule has 23 heavy (non-hydrogen) atoms. The lowest BCUT2D eigenvalue weighted by molar-refractivity contribution is -0.138. The number of allylic oxidation sites excluding steroid dienone is 2. The smallest absolute Gasteiger partial charge is 0.416 e. The van der Waals surface area contributed by atoms with Crippen LogP contribution in [0.2, 0.25) is 0 Å². The highest BCUT2D eigenvalue weighted by Crippen LogP contribution is 2.31. The number of hydrogen-bond acceptors (Lipinski definition) is 2. The zero-order chi connectivity index (χ0) is 17.7. The predicted molar refractivity (Wildman–Crippen MR) is 71.2 cm³/mol. The first-order chi connectivity index (χ1) is 10.5. The summed E-state index contributed by atoms with van der Waals surface area (Å²) >= 11 is 0. The third-order valence-corrected chi connectivity index (χ3v) is 2.56. The Balaban J connectivity index is 3.10. The number of halogens is 6. The summed E-state index contributed by atoms with van der Waals surface area (Å²) in [6.45, 7) is 1.33. The van der Waals surface area contributed by atoms with Crippen LogP contribution in [0, 0.1) is 0 Å². The molecule has 0 bridgehead atoms. The molecule has 0 aliphatic carbocycles. The standard InChI is InChI=1S/C15H12F6O2/c1-2-23-13(22)9-12(15(19,20)21)7-6-10-4-3-5-11(8-10)14(16,17)18/h3-9H,2H2,1H3/b7-6+,12-9+. The number of rotatable bonds is 4. The van der Waals surface area contributed by atoms with Crippen LogP contribution in [-0.4, -0.2) is 18.8 Å². The molecule has 1 rings (SSSR count). The Kier molecular flexibility index (Phi) is 6.00. The molecule has 0 unspecified atom stereocenters. The van der Waals surface area contributed by atoms with E-state index in [1.165, 1.54) is 13.0 Å². The minimum atomic E-state index is -4.84. The van der Waals surface area contributed by atoms with E-state index in [0.29, 0.717) is 12.1 Å². The van der Waals surface area contributed by atoms with Gasteiger partial charge in [-0.3, -0.25) is 0 Å². The minimum Gasteiger partial charge on any atom is -0.463 e. The zero-order valence-corrected chi connectivity index (χ0v) is 11.8. The maximum atomic E-state index is 12.8. The van der Waals surface area contributed by atoms with Crippen LogP contribution in [0.25, 0.3) is 6.08 Å². The monoisotopic (exact) mass is 338 g/mol. The number of ether oxygens (including phenoxy) is 1. The van der Waals surface area contributed by atoms with Crippen LogP contribution < -0.4 is 0 Å². The van der Waals surface area contributed by atoms with Crippen molar-refractivity contribution in [1.29, 1.82) is 0 Å². The van der Waals surface area contributed by atoms with Gasteiger partial charge in [0.2, 0.25) is 0 Å². The molecule has 2 nitrogen and oxygen atoms in total. The molecular weight excluding hydrogens is 326 g/mol. The molecule has 1 aromatic carbocycles. The normalized spacial score (nSPS) is 13.4. The number of carbonyl (C=O) groups excluding carboxylic acids is 1. The Labute approximate surface area is 128 Å². The molecule has 0 atom stereocenters. The number of carbonyl (C=O) groups is 1. The SMILES string of the molecule is CCOC(=O)/C=C(\C=C\c1cccc(C(F)(F)F)c1)C(F)(F)F. The van der Waals surface area contributed by atoms with Gasteiger partial charge in [-0.15, -0.1) is 0 Å². The van der Waals surface area contributed by atoms with Gasteiger partial charge in [0, 0.05) is 6.08 Å². The molecule has 1 aromatic rings. The molecule has 0 amide bonds. The second-order valence-corrected chi connectivity index (χ2v) is 4.31. The second-order valence-electron chi connectivity index (χ2n) is 4.31. The van der Waals surface area contributed by atoms with Crippen LogP contribution >= 0.6 is 0 Å². The van der Waals surface area contributed by atoms with Crippen molar-refractivity contribution in [2.75, 3.05) is 6.61 Å². The van der Waals surface area contributed by atoms with Crippen LogP contribution in [0.3, 0.4) is 0 Å². The third-order valence-electron chi connectivity index (χ3n) is 2.56. The lowest BCUT2D eigenvalue weighted by atomic mass is 10.1. The summed E-state index contributed by atoms with van der Waals surface area (Å²) in [5.74, 6) is -1.19. The molecule has 8 heteroatoms. The number of esters is 1. The molecule has 0 aromatic heterocycles. The lowest BCUT2D eigenvalue weighted by Gasteiger charge is -2.08. The second kappa shape index (κ2) is 7.34. The first-order valence-electron chi connectivity index (χ1n) is 6.35. The van der Waals surface area contributed by atoms with E-state index in [2.05, 4.69) is 4.74 Å². The van der Waals surface area contributed by atoms with E-state index in [-0.39, 0.29) is 18.2 Å². The minimum absolute atomic E-state index is 0.0844. The molecule has 0 saturated carbocycles. The molecule has 0 aliphatic heterocycles. The quantitative estimate of drug-likeness (QED) is 0.342. The van der Waals surface area contributed by atoms with Gasteiger partial charge in [-0.2, -0.15) is 26.3 Å². The van der Waals surface area contributed by atoms with E-state index in [0.717, 1.165) is 18.2 Å². The summed E-state index contributed by atoms with van der Waals surface area (Å²) in [6, 6.07) is 3.79. The summed E-state index contributed by atoms with van der Waals surface area (Å²) in [7, 11) is 0. The highest BCUT2D eigenvalue weighted by atomic mass is 19.4. The molecule has 0 N–H and O–H groups in total. The van der Waals surface area contributed by atoms with Crippen molar-refractivity contribution >= 4 is 12.0 Å². The van der Waals surface area contributed by atoms with Crippen molar-refractivity contribution in [1.82, 2.24) is 0 Å². The van der Waals surface area contributed by atoms with Crippen molar-refractivity contribution < 1.29 is 35.9 Å². The average molecular weight is 338 g/mol. The topological polar surface area (TPSA) is 26.3 Å². The largest absolute Gasteiger partial charge is 0.463 e. The number of benzene rings is 1. The molecule has 0 spiro atoms. The van der Waals surface area contributed by atoms with Gasteiger partial charge < -0.3 is 4.74 Å². The Morgan fingerprint density at radius 3 is 2.35 bits per heavy atom. The summed E-state index contributed by atoms with van der Waals surface area (Å²) in [5, 5.41) is 0. The lowest BCUT2D eigenvalue weighted by Crippen LogP contribution is -2.13. The van der Waals surface area contributed by atoms with E-state index in [1.54, 1.807) is 0 Å². The van der Waals surface area contributed by atoms with Crippen molar-refractivity contribution in [3.8, 4) is 0 Å². The van der Waals surface area contributed by atoms with E-state index in [4.69, 9.17) is 0 Å². The predicted octanol–water partition coefficient (Wildman–Crippen LogP) is 4.77. The summed E-state index contributed by atoms with van der Waals surface area (Å²) in [6.07, 6.45) is -7.84. The van der Waals surface area contributed by atoms with Gasteiger partial charge >= 0.3 is 18.3 Å². The Hall–Kier alpha value is -2.25. The van der Waals surface area contributed by atoms with Crippen molar-refractivity contribution in [2.24, 2.45) is 0 Å². The van der Waals surface area contributed by atoms with Crippen LogP contribution in [0.1, 0.15) is 18.1 Å². The van der Waals surface area contributed by atoms with Gasteiger partial charge in [0.25, 0.3) is 0 Å². The molecular formula is C15H12F6O2. The first-order valence-corrected chi connectivity index (χ1v) is 6.35. The fraction of sp³-hybridized carbons (Fsp3) is 0.267. The Morgan fingerprint density at radius 1 is 1.17 bits per heavy atom. The highest BCUT2D eigenvalue weighted by molar-refractivity contribution is 5.84. The highest BCUT2D eigenvalue weighted by Gasteiger charge is 2.33. The van der Waals surface area contributed by atoms with E-state index in [9.17, 15) is 31.1 Å². The molecule has 0 aliphatic rings. The maximum absolute atomic E-state index is 12.8. The van der Waals surface area contributed by atoms with E-state index < -0.39 is 29.5 Å². The van der Waals surface area contributed by atoms with E-state index >= 15 is 0 Å². The number of alkyl halides is 6. The van der Waals surface area contributed by atoms with Crippen molar-refractivity contribution in [2.45, 2.75) is 19.3 Å². The molecule has 0 saturated heterocycles.